The summed E-state index contributed by atoms with van der Waals surface area (Å²) >= 11 is 0. The molecule has 15 heteroatoms. The second-order valence-electron chi connectivity index (χ2n) is 9.40. The van der Waals surface area contributed by atoms with Crippen LogP contribution in [0.25, 0.3) is 11.2 Å². The fourth-order valence-electron chi connectivity index (χ4n) is 5.16. The molecule has 3 N–H and O–H groups in total. The van der Waals surface area contributed by atoms with Crippen LogP contribution in [-0.2, 0) is 23.3 Å². The van der Waals surface area contributed by atoms with E-state index in [0.29, 0.717) is 11.2 Å². The molecule has 38 heavy (non-hydrogen) atoms. The van der Waals surface area contributed by atoms with Crippen molar-refractivity contribution in [2.45, 2.75) is 62.6 Å². The zero-order chi connectivity index (χ0) is 26.3. The Labute approximate surface area is 216 Å². The monoisotopic (exact) mass is 545 g/mol. The summed E-state index contributed by atoms with van der Waals surface area (Å²) in [6, 6.07) is 9.02. The van der Waals surface area contributed by atoms with Crippen LogP contribution in [0.15, 0.2) is 43.0 Å². The van der Waals surface area contributed by atoms with E-state index in [1.165, 1.54) is 12.7 Å². The lowest BCUT2D eigenvalue weighted by Crippen LogP contribution is -2.36. The van der Waals surface area contributed by atoms with Gasteiger partial charge in [0.2, 0.25) is 0 Å². The molecule has 1 aliphatic carbocycles. The van der Waals surface area contributed by atoms with E-state index in [-0.39, 0.29) is 17.9 Å². The molecule has 3 fully saturated rings. The van der Waals surface area contributed by atoms with E-state index < -0.39 is 45.3 Å². The average molecular weight is 545 g/mol. The van der Waals surface area contributed by atoms with Crippen LogP contribution in [0.5, 0.6) is 0 Å². The van der Waals surface area contributed by atoms with Crippen molar-refractivity contribution in [2.24, 2.45) is 0 Å². The summed E-state index contributed by atoms with van der Waals surface area (Å²) in [7, 11) is -4.99. The van der Waals surface area contributed by atoms with Crippen LogP contribution in [-0.4, -0.2) is 61.4 Å². The molecule has 1 aromatic carbocycles. The fraction of sp³-hybridized carbons (Fsp3) is 0.478. The molecule has 2 amide bonds. The molecule has 3 aromatic rings. The van der Waals surface area contributed by atoms with Gasteiger partial charge < -0.3 is 33.8 Å². The van der Waals surface area contributed by atoms with Gasteiger partial charge in [-0.25, -0.2) is 19.7 Å². The van der Waals surface area contributed by atoms with Crippen LogP contribution in [0.3, 0.4) is 0 Å². The number of anilines is 1. The highest BCUT2D eigenvalue weighted by molar-refractivity contribution is 7.44. The number of phosphoric acid groups is 1. The van der Waals surface area contributed by atoms with Crippen molar-refractivity contribution in [3.63, 3.8) is 0 Å². The summed E-state index contributed by atoms with van der Waals surface area (Å²) in [6.07, 6.45) is 3.00. The molecule has 202 valence electrons. The van der Waals surface area contributed by atoms with Crippen molar-refractivity contribution >= 4 is 30.8 Å². The zero-order valence-corrected chi connectivity index (χ0v) is 21.0. The Hall–Kier alpha value is -2.97. The first-order chi connectivity index (χ1) is 18.4. The summed E-state index contributed by atoms with van der Waals surface area (Å²) in [5.41, 5.74) is 1.48. The first-order valence-corrected chi connectivity index (χ1v) is 13.8. The van der Waals surface area contributed by atoms with Gasteiger partial charge in [-0.15, -0.1) is 0 Å². The minimum Gasteiger partial charge on any atom is -0.756 e. The molecular formula is C23H26N6O8P-. The Bertz CT molecular complexity index is 1350. The lowest BCUT2D eigenvalue weighted by molar-refractivity contribution is -0.224. The van der Waals surface area contributed by atoms with Crippen LogP contribution < -0.4 is 15.5 Å². The molecule has 2 aromatic heterocycles. The predicted octanol–water partition coefficient (Wildman–Crippen LogP) is 1.75. The molecule has 2 aliphatic heterocycles. The van der Waals surface area contributed by atoms with E-state index in [9.17, 15) is 14.3 Å². The Morgan fingerprint density at radius 1 is 1.13 bits per heavy atom. The number of carbonyl (C=O) groups is 1. The number of nitrogens with zero attached hydrogens (tertiary/aromatic N) is 4. The van der Waals surface area contributed by atoms with Gasteiger partial charge in [0.15, 0.2) is 29.5 Å². The standard InChI is InChI=1S/C23H27N6O8P/c30-23(27-14-8-4-5-9-14)28-19-16-20(25-11-24-19)29(12-26-16)21-18-17(15(35-21)10-34-38(31,32)33)36-22(37-18)13-6-2-1-3-7-13/h1-3,6-7,11-12,14-15,17-18,21-22H,4-5,8-10H2,(H2,31,32,33)(H2,24,25,27,28,30)/p-1/t15-,17+,18?,21-,22?/m1/s1. The predicted molar refractivity (Wildman–Crippen MR) is 128 cm³/mol. The molecule has 6 rings (SSSR count). The van der Waals surface area contributed by atoms with Crippen LogP contribution in [0.2, 0.25) is 0 Å². The number of nitrogens with one attached hydrogen (secondary N) is 2. The number of urea groups is 1. The summed E-state index contributed by atoms with van der Waals surface area (Å²) < 4.78 is 35.9. The fourth-order valence-corrected chi connectivity index (χ4v) is 5.49. The van der Waals surface area contributed by atoms with Gasteiger partial charge >= 0.3 is 6.03 Å². The van der Waals surface area contributed by atoms with Gasteiger partial charge in [0, 0.05) is 11.6 Å². The van der Waals surface area contributed by atoms with Crippen molar-refractivity contribution in [1.29, 1.82) is 0 Å². The Balaban J connectivity index is 1.26. The molecule has 0 radical (unpaired) electrons. The number of fused-ring (bicyclic) bond motifs is 2. The highest BCUT2D eigenvalue weighted by Crippen LogP contribution is 2.46. The third kappa shape index (κ3) is 5.16. The van der Waals surface area contributed by atoms with E-state index in [2.05, 4.69) is 30.1 Å². The summed E-state index contributed by atoms with van der Waals surface area (Å²) in [5.74, 6) is 0.233. The van der Waals surface area contributed by atoms with Gasteiger partial charge in [0.25, 0.3) is 7.82 Å². The molecule has 4 heterocycles. The molecule has 0 spiro atoms. The molecule has 3 aliphatic rings. The largest absolute Gasteiger partial charge is 0.756 e. The average Bonchev–Trinajstić information content (AvgIpc) is 3.68. The molecule has 0 bridgehead atoms. The quantitative estimate of drug-likeness (QED) is 0.368. The van der Waals surface area contributed by atoms with Gasteiger partial charge in [0.05, 0.1) is 12.9 Å². The number of ether oxygens (including phenoxy) is 3. The molecular weight excluding hydrogens is 519 g/mol. The van der Waals surface area contributed by atoms with E-state index >= 15 is 0 Å². The number of rotatable bonds is 7. The summed E-state index contributed by atoms with van der Waals surface area (Å²) in [6.45, 7) is -0.477. The van der Waals surface area contributed by atoms with Gasteiger partial charge in [-0.1, -0.05) is 43.2 Å². The van der Waals surface area contributed by atoms with Crippen molar-refractivity contribution in [1.82, 2.24) is 24.8 Å². The topological polar surface area (TPSA) is 182 Å². The summed E-state index contributed by atoms with van der Waals surface area (Å²) in [4.78, 5) is 45.8. The maximum absolute atomic E-state index is 12.5. The summed E-state index contributed by atoms with van der Waals surface area (Å²) in [5, 5.41) is 5.70. The second-order valence-corrected chi connectivity index (χ2v) is 10.6. The van der Waals surface area contributed by atoms with Gasteiger partial charge in [-0.3, -0.25) is 14.4 Å². The number of hydrogen-bond acceptors (Lipinski definition) is 10. The van der Waals surface area contributed by atoms with Crippen molar-refractivity contribution < 1.29 is 37.9 Å². The maximum atomic E-state index is 12.5. The number of hydrogen-bond donors (Lipinski definition) is 3. The maximum Gasteiger partial charge on any atom is 0.320 e. The van der Waals surface area contributed by atoms with Gasteiger partial charge in [0.1, 0.15) is 24.6 Å². The number of phosphoric ester groups is 1. The normalized spacial score (nSPS) is 28.8. The van der Waals surface area contributed by atoms with E-state index in [0.717, 1.165) is 31.2 Å². The Kier molecular flexibility index (Phi) is 6.86. The Morgan fingerprint density at radius 3 is 2.66 bits per heavy atom. The van der Waals surface area contributed by atoms with E-state index in [1.807, 2.05) is 30.3 Å². The first kappa shape index (κ1) is 25.3. The van der Waals surface area contributed by atoms with Crippen LogP contribution in [0, 0.1) is 0 Å². The molecule has 2 saturated heterocycles. The first-order valence-electron chi connectivity index (χ1n) is 12.3. The highest BCUT2D eigenvalue weighted by Gasteiger charge is 2.54. The minimum atomic E-state index is -4.99. The minimum absolute atomic E-state index is 0.133. The number of aromatic nitrogens is 4. The second kappa shape index (κ2) is 10.3. The lowest BCUT2D eigenvalue weighted by atomic mass is 10.1. The number of amides is 2. The highest BCUT2D eigenvalue weighted by atomic mass is 31.2. The van der Waals surface area contributed by atoms with Crippen molar-refractivity contribution in [3.8, 4) is 0 Å². The van der Waals surface area contributed by atoms with Crippen molar-refractivity contribution in [2.75, 3.05) is 11.9 Å². The van der Waals surface area contributed by atoms with Crippen LogP contribution in [0.4, 0.5) is 10.6 Å². The Morgan fingerprint density at radius 2 is 1.89 bits per heavy atom. The van der Waals surface area contributed by atoms with E-state index in [4.69, 9.17) is 19.1 Å². The van der Waals surface area contributed by atoms with Gasteiger partial charge in [-0.05, 0) is 12.8 Å². The van der Waals surface area contributed by atoms with Crippen molar-refractivity contribution in [3.05, 3.63) is 48.5 Å². The molecule has 1 saturated carbocycles. The smallest absolute Gasteiger partial charge is 0.320 e. The van der Waals surface area contributed by atoms with Crippen LogP contribution >= 0.6 is 7.82 Å². The van der Waals surface area contributed by atoms with E-state index in [1.54, 1.807) is 4.57 Å². The third-order valence-corrected chi connectivity index (χ3v) is 7.35. The van der Waals surface area contributed by atoms with Gasteiger partial charge in [-0.2, -0.15) is 0 Å². The SMILES string of the molecule is O=C(Nc1ncnc2c1ncn2[C@@H]1O[C@H](COP(=O)([O-])O)[C@@H]2OC(c3ccccc3)OC21)NC1CCCC1. The molecule has 3 unspecified atom stereocenters. The molecule has 6 atom stereocenters. The molecule has 14 nitrogen and oxygen atoms in total. The zero-order valence-electron chi connectivity index (χ0n) is 20.1. The third-order valence-electron chi connectivity index (χ3n) is 6.88. The van der Waals surface area contributed by atoms with Crippen LogP contribution in [0.1, 0.15) is 43.8 Å². The number of carbonyl (C=O) groups excluding carboxylic acids is 1. The lowest BCUT2D eigenvalue weighted by Gasteiger charge is -2.23. The number of imidazole rings is 1. The number of benzene rings is 1.